The van der Waals surface area contributed by atoms with Crippen molar-refractivity contribution in [3.8, 4) is 0 Å². The first-order chi connectivity index (χ1) is 11.1. The molecular formula is C17H19N3O3. The minimum atomic E-state index is -0.284. The number of carbonyl (C=O) groups excluding carboxylic acids is 2. The Hall–Kier alpha value is -2.47. The van der Waals surface area contributed by atoms with Crippen LogP contribution in [0.2, 0.25) is 0 Å². The summed E-state index contributed by atoms with van der Waals surface area (Å²) in [6.45, 7) is 4.92. The van der Waals surface area contributed by atoms with E-state index in [1.165, 1.54) is 6.20 Å². The Morgan fingerprint density at radius 1 is 1.17 bits per heavy atom. The third-order valence-corrected chi connectivity index (χ3v) is 3.82. The Labute approximate surface area is 134 Å². The first-order valence-corrected chi connectivity index (χ1v) is 7.64. The van der Waals surface area contributed by atoms with Crippen LogP contribution >= 0.6 is 0 Å². The molecular weight excluding hydrogens is 294 g/mol. The van der Waals surface area contributed by atoms with Gasteiger partial charge in [0.1, 0.15) is 0 Å². The Morgan fingerprint density at radius 2 is 1.83 bits per heavy atom. The van der Waals surface area contributed by atoms with Crippen molar-refractivity contribution >= 4 is 11.7 Å². The zero-order valence-corrected chi connectivity index (χ0v) is 13.2. The van der Waals surface area contributed by atoms with E-state index in [0.29, 0.717) is 24.2 Å². The van der Waals surface area contributed by atoms with Crippen LogP contribution in [-0.2, 0) is 4.74 Å². The van der Waals surface area contributed by atoms with Gasteiger partial charge in [0.05, 0.1) is 17.8 Å². The molecule has 0 aliphatic carbocycles. The number of amides is 1. The van der Waals surface area contributed by atoms with E-state index in [9.17, 15) is 9.59 Å². The first kappa shape index (κ1) is 15.4. The standard InChI is InChI=1S/C17H19N3O3/c1-11-9-20(10-12(2)23-11)17(22)14-6-4-3-5-13(14)15(21)16-18-7-8-19-16/h3-8,11-12H,9-10H2,1-2H3,(H,18,19)/t11-,12-/m1/s1. The van der Waals surface area contributed by atoms with E-state index in [0.717, 1.165) is 0 Å². The summed E-state index contributed by atoms with van der Waals surface area (Å²) in [5.41, 5.74) is 0.759. The molecule has 120 valence electrons. The van der Waals surface area contributed by atoms with Crippen LogP contribution in [0.5, 0.6) is 0 Å². The summed E-state index contributed by atoms with van der Waals surface area (Å²) in [6, 6.07) is 6.85. The largest absolute Gasteiger partial charge is 0.372 e. The maximum atomic E-state index is 12.9. The normalized spacial score (nSPS) is 21.2. The fourth-order valence-electron chi connectivity index (χ4n) is 2.90. The quantitative estimate of drug-likeness (QED) is 0.878. The average Bonchev–Trinajstić information content (AvgIpc) is 3.07. The van der Waals surface area contributed by atoms with E-state index < -0.39 is 0 Å². The molecule has 6 nitrogen and oxygen atoms in total. The summed E-state index contributed by atoms with van der Waals surface area (Å²) < 4.78 is 5.66. The van der Waals surface area contributed by atoms with Crippen LogP contribution in [-0.4, -0.2) is 51.9 Å². The molecule has 1 aromatic carbocycles. The molecule has 2 heterocycles. The highest BCUT2D eigenvalue weighted by molar-refractivity contribution is 6.13. The second-order valence-corrected chi connectivity index (χ2v) is 5.78. The van der Waals surface area contributed by atoms with Gasteiger partial charge in [0.2, 0.25) is 5.78 Å². The molecule has 1 aliphatic rings. The molecule has 23 heavy (non-hydrogen) atoms. The van der Waals surface area contributed by atoms with Crippen LogP contribution in [0.1, 0.15) is 40.4 Å². The summed E-state index contributed by atoms with van der Waals surface area (Å²) in [5.74, 6) is -0.204. The van der Waals surface area contributed by atoms with Gasteiger partial charge in [-0.15, -0.1) is 0 Å². The van der Waals surface area contributed by atoms with Crippen molar-refractivity contribution in [1.29, 1.82) is 0 Å². The number of carbonyl (C=O) groups is 2. The molecule has 6 heteroatoms. The summed E-state index contributed by atoms with van der Waals surface area (Å²) in [5, 5.41) is 0. The van der Waals surface area contributed by atoms with E-state index in [1.54, 1.807) is 35.4 Å². The lowest BCUT2D eigenvalue weighted by atomic mass is 10.0. The second-order valence-electron chi connectivity index (χ2n) is 5.78. The van der Waals surface area contributed by atoms with Gasteiger partial charge < -0.3 is 14.6 Å². The van der Waals surface area contributed by atoms with Gasteiger partial charge in [-0.1, -0.05) is 18.2 Å². The number of H-pyrrole nitrogens is 1. The second kappa shape index (κ2) is 6.34. The van der Waals surface area contributed by atoms with Crippen molar-refractivity contribution < 1.29 is 14.3 Å². The van der Waals surface area contributed by atoms with E-state index >= 15 is 0 Å². The number of imidazole rings is 1. The molecule has 0 saturated carbocycles. The van der Waals surface area contributed by atoms with Gasteiger partial charge >= 0.3 is 0 Å². The summed E-state index contributed by atoms with van der Waals surface area (Å²) in [6.07, 6.45) is 3.07. The summed E-state index contributed by atoms with van der Waals surface area (Å²) >= 11 is 0. The summed E-state index contributed by atoms with van der Waals surface area (Å²) in [4.78, 5) is 33.9. The number of morpholine rings is 1. The minimum absolute atomic E-state index is 0.0179. The number of ether oxygens (including phenoxy) is 1. The van der Waals surface area contributed by atoms with Crippen molar-refractivity contribution in [3.63, 3.8) is 0 Å². The highest BCUT2D eigenvalue weighted by Crippen LogP contribution is 2.18. The fraction of sp³-hybridized carbons (Fsp3) is 0.353. The van der Waals surface area contributed by atoms with E-state index in [1.807, 2.05) is 13.8 Å². The molecule has 1 saturated heterocycles. The van der Waals surface area contributed by atoms with Gasteiger partial charge in [-0.2, -0.15) is 0 Å². The Bertz CT molecular complexity index is 702. The van der Waals surface area contributed by atoms with Crippen LogP contribution in [0.25, 0.3) is 0 Å². The van der Waals surface area contributed by atoms with Gasteiger partial charge in [-0.05, 0) is 19.9 Å². The molecule has 2 atom stereocenters. The van der Waals surface area contributed by atoms with Gasteiger partial charge in [-0.25, -0.2) is 4.98 Å². The maximum absolute atomic E-state index is 12.9. The number of ketones is 1. The van der Waals surface area contributed by atoms with Gasteiger partial charge in [0, 0.05) is 31.0 Å². The van der Waals surface area contributed by atoms with Gasteiger partial charge in [0.25, 0.3) is 5.91 Å². The van der Waals surface area contributed by atoms with Crippen LogP contribution in [0.15, 0.2) is 36.7 Å². The molecule has 2 aromatic rings. The van der Waals surface area contributed by atoms with Crippen LogP contribution in [0.3, 0.4) is 0 Å². The van der Waals surface area contributed by atoms with Crippen molar-refractivity contribution in [2.24, 2.45) is 0 Å². The molecule has 0 spiro atoms. The van der Waals surface area contributed by atoms with E-state index in [2.05, 4.69) is 9.97 Å². The molecule has 3 rings (SSSR count). The van der Waals surface area contributed by atoms with Crippen molar-refractivity contribution in [2.45, 2.75) is 26.1 Å². The number of benzene rings is 1. The fourth-order valence-corrected chi connectivity index (χ4v) is 2.90. The number of hydrogen-bond donors (Lipinski definition) is 1. The van der Waals surface area contributed by atoms with Gasteiger partial charge in [-0.3, -0.25) is 9.59 Å². The maximum Gasteiger partial charge on any atom is 0.254 e. The summed E-state index contributed by atoms with van der Waals surface area (Å²) in [7, 11) is 0. The van der Waals surface area contributed by atoms with Gasteiger partial charge in [0.15, 0.2) is 5.82 Å². The predicted octanol–water partition coefficient (Wildman–Crippen LogP) is 1.89. The third kappa shape index (κ3) is 3.17. The lowest BCUT2D eigenvalue weighted by Crippen LogP contribution is -2.48. The highest BCUT2D eigenvalue weighted by Gasteiger charge is 2.29. The zero-order valence-electron chi connectivity index (χ0n) is 13.2. The van der Waals surface area contributed by atoms with Crippen LogP contribution in [0, 0.1) is 0 Å². The number of nitrogens with one attached hydrogen (secondary N) is 1. The Balaban J connectivity index is 1.91. The SMILES string of the molecule is C[C@@H]1CN(C(=O)c2ccccc2C(=O)c2ncc[nH]2)C[C@@H](C)O1. The lowest BCUT2D eigenvalue weighted by molar-refractivity contribution is -0.0586. The first-order valence-electron chi connectivity index (χ1n) is 7.64. The van der Waals surface area contributed by atoms with Crippen LogP contribution < -0.4 is 0 Å². The van der Waals surface area contributed by atoms with E-state index in [4.69, 9.17) is 4.74 Å². The Kier molecular flexibility index (Phi) is 4.25. The third-order valence-electron chi connectivity index (χ3n) is 3.82. The zero-order chi connectivity index (χ0) is 16.4. The number of aromatic nitrogens is 2. The minimum Gasteiger partial charge on any atom is -0.372 e. The molecule has 1 fully saturated rings. The average molecular weight is 313 g/mol. The lowest BCUT2D eigenvalue weighted by Gasteiger charge is -2.35. The smallest absolute Gasteiger partial charge is 0.254 e. The van der Waals surface area contributed by atoms with E-state index in [-0.39, 0.29) is 29.7 Å². The molecule has 1 aliphatic heterocycles. The highest BCUT2D eigenvalue weighted by atomic mass is 16.5. The predicted molar refractivity (Wildman–Crippen MR) is 84.4 cm³/mol. The molecule has 0 radical (unpaired) electrons. The van der Waals surface area contributed by atoms with Crippen molar-refractivity contribution in [3.05, 3.63) is 53.6 Å². The topological polar surface area (TPSA) is 75.3 Å². The van der Waals surface area contributed by atoms with Crippen molar-refractivity contribution in [2.75, 3.05) is 13.1 Å². The van der Waals surface area contributed by atoms with Crippen LogP contribution in [0.4, 0.5) is 0 Å². The molecule has 1 aromatic heterocycles. The number of rotatable bonds is 3. The Morgan fingerprint density at radius 3 is 2.43 bits per heavy atom. The molecule has 0 unspecified atom stereocenters. The number of aromatic amines is 1. The monoisotopic (exact) mass is 313 g/mol. The number of nitrogens with zero attached hydrogens (tertiary/aromatic N) is 2. The molecule has 1 N–H and O–H groups in total. The number of hydrogen-bond acceptors (Lipinski definition) is 4. The van der Waals surface area contributed by atoms with Crippen molar-refractivity contribution in [1.82, 2.24) is 14.9 Å². The molecule has 1 amide bonds. The molecule has 0 bridgehead atoms.